The number of esters is 1. The summed E-state index contributed by atoms with van der Waals surface area (Å²) in [5.74, 6) is -1.05. The molecular weight excluding hydrogens is 344 g/mol. The lowest BCUT2D eigenvalue weighted by Crippen LogP contribution is -2.27. The van der Waals surface area contributed by atoms with E-state index in [-0.39, 0.29) is 11.5 Å². The van der Waals surface area contributed by atoms with E-state index in [2.05, 4.69) is 5.32 Å². The second-order valence-electron chi connectivity index (χ2n) is 6.59. The number of para-hydroxylation sites is 1. The summed E-state index contributed by atoms with van der Waals surface area (Å²) in [5.41, 5.74) is 3.66. The number of benzene rings is 2. The standard InChI is InChI=1S/C21H22N2O4/c1-14-9-10-16(12-15(14)2)22-19(24)13-27-21(26)17-6-3-4-7-18(17)23-11-5-8-20(23)25/h3-4,6-7,9-10,12H,5,8,11,13H2,1-2H3,(H,22,24). The van der Waals surface area contributed by atoms with Gasteiger partial charge in [0.25, 0.3) is 5.91 Å². The normalized spacial score (nSPS) is 13.6. The molecule has 1 aliphatic heterocycles. The van der Waals surface area contributed by atoms with E-state index in [1.807, 2.05) is 26.0 Å². The molecule has 1 N–H and O–H groups in total. The first-order chi connectivity index (χ1) is 13.0. The van der Waals surface area contributed by atoms with Gasteiger partial charge in [-0.25, -0.2) is 4.79 Å². The van der Waals surface area contributed by atoms with Crippen LogP contribution < -0.4 is 10.2 Å². The highest BCUT2D eigenvalue weighted by Gasteiger charge is 2.26. The Kier molecular flexibility index (Phi) is 5.54. The Labute approximate surface area is 158 Å². The van der Waals surface area contributed by atoms with Gasteiger partial charge in [0, 0.05) is 18.7 Å². The molecule has 1 heterocycles. The molecule has 6 heteroatoms. The summed E-state index contributed by atoms with van der Waals surface area (Å²) in [4.78, 5) is 38.1. The maximum atomic E-state index is 12.4. The number of rotatable bonds is 5. The molecule has 2 aromatic rings. The summed E-state index contributed by atoms with van der Waals surface area (Å²) in [7, 11) is 0. The first-order valence-corrected chi connectivity index (χ1v) is 8.89. The fraction of sp³-hybridized carbons (Fsp3) is 0.286. The second kappa shape index (κ2) is 8.03. The van der Waals surface area contributed by atoms with Crippen LogP contribution in [0, 0.1) is 13.8 Å². The molecule has 140 valence electrons. The Balaban J connectivity index is 1.63. The molecule has 1 fully saturated rings. The Hall–Kier alpha value is -3.15. The van der Waals surface area contributed by atoms with Crippen LogP contribution in [0.3, 0.4) is 0 Å². The Morgan fingerprint density at radius 3 is 2.59 bits per heavy atom. The lowest BCUT2D eigenvalue weighted by Gasteiger charge is -2.18. The molecule has 27 heavy (non-hydrogen) atoms. The zero-order valence-corrected chi connectivity index (χ0v) is 15.5. The first kappa shape index (κ1) is 18.6. The summed E-state index contributed by atoms with van der Waals surface area (Å²) in [5, 5.41) is 2.71. The van der Waals surface area contributed by atoms with Gasteiger partial charge in [-0.05, 0) is 55.7 Å². The topological polar surface area (TPSA) is 75.7 Å². The van der Waals surface area contributed by atoms with Crippen LogP contribution in [0.15, 0.2) is 42.5 Å². The molecule has 0 saturated carbocycles. The Morgan fingerprint density at radius 2 is 1.89 bits per heavy atom. The predicted molar refractivity (Wildman–Crippen MR) is 103 cm³/mol. The van der Waals surface area contributed by atoms with E-state index < -0.39 is 18.5 Å². The van der Waals surface area contributed by atoms with Crippen LogP contribution in [0.2, 0.25) is 0 Å². The highest BCUT2D eigenvalue weighted by atomic mass is 16.5. The van der Waals surface area contributed by atoms with Crippen molar-refractivity contribution in [2.75, 3.05) is 23.4 Å². The van der Waals surface area contributed by atoms with Crippen molar-refractivity contribution in [3.8, 4) is 0 Å². The van der Waals surface area contributed by atoms with Crippen molar-refractivity contribution in [1.29, 1.82) is 0 Å². The van der Waals surface area contributed by atoms with E-state index in [0.29, 0.717) is 24.3 Å². The van der Waals surface area contributed by atoms with Crippen molar-refractivity contribution in [2.45, 2.75) is 26.7 Å². The van der Waals surface area contributed by atoms with Gasteiger partial charge in [0.1, 0.15) is 0 Å². The minimum absolute atomic E-state index is 0.0114. The van der Waals surface area contributed by atoms with E-state index in [1.54, 1.807) is 35.2 Å². The lowest BCUT2D eigenvalue weighted by atomic mass is 10.1. The number of carbonyl (C=O) groups excluding carboxylic acids is 3. The number of anilines is 2. The fourth-order valence-corrected chi connectivity index (χ4v) is 3.01. The smallest absolute Gasteiger partial charge is 0.340 e. The summed E-state index contributed by atoms with van der Waals surface area (Å²) < 4.78 is 5.16. The zero-order chi connectivity index (χ0) is 19.4. The van der Waals surface area contributed by atoms with Crippen LogP contribution in [0.5, 0.6) is 0 Å². The third kappa shape index (κ3) is 4.34. The third-order valence-electron chi connectivity index (χ3n) is 4.61. The molecule has 1 saturated heterocycles. The number of hydrogen-bond donors (Lipinski definition) is 1. The maximum absolute atomic E-state index is 12.4. The van der Waals surface area contributed by atoms with Crippen molar-refractivity contribution in [1.82, 2.24) is 0 Å². The molecule has 2 amide bonds. The van der Waals surface area contributed by atoms with Crippen LogP contribution in [-0.4, -0.2) is 30.9 Å². The third-order valence-corrected chi connectivity index (χ3v) is 4.61. The summed E-state index contributed by atoms with van der Waals surface area (Å²) in [6.45, 7) is 4.14. The zero-order valence-electron chi connectivity index (χ0n) is 15.5. The van der Waals surface area contributed by atoms with Crippen molar-refractivity contribution >= 4 is 29.2 Å². The predicted octanol–water partition coefficient (Wildman–Crippen LogP) is 3.23. The first-order valence-electron chi connectivity index (χ1n) is 8.89. The summed E-state index contributed by atoms with van der Waals surface area (Å²) >= 11 is 0. The Bertz CT molecular complexity index is 892. The van der Waals surface area contributed by atoms with Gasteiger partial charge in [-0.15, -0.1) is 0 Å². The average Bonchev–Trinajstić information content (AvgIpc) is 3.08. The van der Waals surface area contributed by atoms with Gasteiger partial charge in [0.05, 0.1) is 11.3 Å². The summed E-state index contributed by atoms with van der Waals surface area (Å²) in [6.07, 6.45) is 1.24. The van der Waals surface area contributed by atoms with Gasteiger partial charge in [0.15, 0.2) is 6.61 Å². The second-order valence-corrected chi connectivity index (χ2v) is 6.59. The van der Waals surface area contributed by atoms with Crippen LogP contribution >= 0.6 is 0 Å². The van der Waals surface area contributed by atoms with Gasteiger partial charge in [-0.3, -0.25) is 9.59 Å². The number of carbonyl (C=O) groups is 3. The number of amides is 2. The molecule has 0 bridgehead atoms. The molecule has 2 aromatic carbocycles. The summed E-state index contributed by atoms with van der Waals surface area (Å²) in [6, 6.07) is 12.4. The van der Waals surface area contributed by atoms with Crippen LogP contribution in [0.1, 0.15) is 34.3 Å². The fourth-order valence-electron chi connectivity index (χ4n) is 3.01. The maximum Gasteiger partial charge on any atom is 0.340 e. The molecule has 0 aromatic heterocycles. The highest BCUT2D eigenvalue weighted by molar-refractivity contribution is 6.04. The number of aryl methyl sites for hydroxylation is 2. The van der Waals surface area contributed by atoms with Crippen molar-refractivity contribution < 1.29 is 19.1 Å². The molecule has 0 radical (unpaired) electrons. The van der Waals surface area contributed by atoms with Gasteiger partial charge < -0.3 is 15.0 Å². The van der Waals surface area contributed by atoms with Crippen LogP contribution in [0.25, 0.3) is 0 Å². The molecule has 0 aliphatic carbocycles. The van der Waals surface area contributed by atoms with Crippen molar-refractivity contribution in [3.63, 3.8) is 0 Å². The van der Waals surface area contributed by atoms with Gasteiger partial charge in [-0.1, -0.05) is 18.2 Å². The van der Waals surface area contributed by atoms with E-state index in [9.17, 15) is 14.4 Å². The SMILES string of the molecule is Cc1ccc(NC(=O)COC(=O)c2ccccc2N2CCCC2=O)cc1C. The molecule has 6 nitrogen and oxygen atoms in total. The van der Waals surface area contributed by atoms with Crippen molar-refractivity contribution in [2.24, 2.45) is 0 Å². The average molecular weight is 366 g/mol. The van der Waals surface area contributed by atoms with E-state index in [4.69, 9.17) is 4.74 Å². The number of nitrogens with one attached hydrogen (secondary N) is 1. The monoisotopic (exact) mass is 366 g/mol. The van der Waals surface area contributed by atoms with Crippen LogP contribution in [-0.2, 0) is 14.3 Å². The van der Waals surface area contributed by atoms with E-state index in [1.165, 1.54) is 0 Å². The lowest BCUT2D eigenvalue weighted by molar-refractivity contribution is -0.119. The van der Waals surface area contributed by atoms with E-state index >= 15 is 0 Å². The molecular formula is C21H22N2O4. The van der Waals surface area contributed by atoms with Crippen molar-refractivity contribution in [3.05, 3.63) is 59.2 Å². The quantitative estimate of drug-likeness (QED) is 0.825. The molecule has 0 unspecified atom stereocenters. The highest BCUT2D eigenvalue weighted by Crippen LogP contribution is 2.26. The Morgan fingerprint density at radius 1 is 1.11 bits per heavy atom. The number of hydrogen-bond acceptors (Lipinski definition) is 4. The molecule has 1 aliphatic rings. The van der Waals surface area contributed by atoms with E-state index in [0.717, 1.165) is 17.5 Å². The molecule has 3 rings (SSSR count). The van der Waals surface area contributed by atoms with Gasteiger partial charge >= 0.3 is 5.97 Å². The van der Waals surface area contributed by atoms with Gasteiger partial charge in [-0.2, -0.15) is 0 Å². The van der Waals surface area contributed by atoms with Gasteiger partial charge in [0.2, 0.25) is 5.91 Å². The van der Waals surface area contributed by atoms with Crippen LogP contribution in [0.4, 0.5) is 11.4 Å². The number of nitrogens with zero attached hydrogens (tertiary/aromatic N) is 1. The molecule has 0 atom stereocenters. The molecule has 0 spiro atoms. The number of ether oxygens (including phenoxy) is 1. The largest absolute Gasteiger partial charge is 0.452 e. The minimum atomic E-state index is -0.625. The minimum Gasteiger partial charge on any atom is -0.452 e.